The molecule has 6 N–H and O–H groups in total. The standard InChI is InChI=1S/C6H15FN4/c1-4(8)2-3-5(7)11-6(9)10/h4-5H,2-3,8H2,1H3,(H4,9,10,11). The molecular weight excluding hydrogens is 147 g/mol. The van der Waals surface area contributed by atoms with E-state index in [0.717, 1.165) is 0 Å². The molecule has 0 aromatic carbocycles. The first kappa shape index (κ1) is 10.2. The van der Waals surface area contributed by atoms with Gasteiger partial charge in [0.15, 0.2) is 12.3 Å². The molecule has 0 saturated carbocycles. The Kier molecular flexibility index (Phi) is 4.52. The van der Waals surface area contributed by atoms with Crippen LogP contribution in [0.5, 0.6) is 0 Å². The summed E-state index contributed by atoms with van der Waals surface area (Å²) in [4.78, 5) is 3.30. The predicted molar refractivity (Wildman–Crippen MR) is 43.6 cm³/mol. The van der Waals surface area contributed by atoms with Crippen LogP contribution >= 0.6 is 0 Å². The lowest BCUT2D eigenvalue weighted by Crippen LogP contribution is -2.25. The average Bonchev–Trinajstić information content (AvgIpc) is 1.82. The van der Waals surface area contributed by atoms with Crippen LogP contribution in [-0.2, 0) is 0 Å². The Bertz CT molecular complexity index is 131. The molecule has 0 spiro atoms. The largest absolute Gasteiger partial charge is 0.370 e. The zero-order valence-electron chi connectivity index (χ0n) is 6.63. The van der Waals surface area contributed by atoms with Gasteiger partial charge in [-0.05, 0) is 13.3 Å². The van der Waals surface area contributed by atoms with E-state index >= 15 is 0 Å². The molecule has 0 aliphatic carbocycles. The van der Waals surface area contributed by atoms with E-state index in [-0.39, 0.29) is 18.4 Å². The molecule has 0 radical (unpaired) electrons. The van der Waals surface area contributed by atoms with Crippen molar-refractivity contribution in [3.8, 4) is 0 Å². The van der Waals surface area contributed by atoms with Crippen LogP contribution in [0.3, 0.4) is 0 Å². The van der Waals surface area contributed by atoms with Crippen LogP contribution in [0.25, 0.3) is 0 Å². The monoisotopic (exact) mass is 162 g/mol. The second-order valence-electron chi connectivity index (χ2n) is 2.54. The maximum atomic E-state index is 12.6. The van der Waals surface area contributed by atoms with Gasteiger partial charge in [-0.3, -0.25) is 0 Å². The highest BCUT2D eigenvalue weighted by Crippen LogP contribution is 2.04. The number of halogens is 1. The highest BCUT2D eigenvalue weighted by Gasteiger charge is 2.04. The van der Waals surface area contributed by atoms with Crippen LogP contribution in [-0.4, -0.2) is 18.3 Å². The Morgan fingerprint density at radius 3 is 2.36 bits per heavy atom. The fourth-order valence-corrected chi connectivity index (χ4v) is 0.627. The zero-order valence-corrected chi connectivity index (χ0v) is 6.63. The lowest BCUT2D eigenvalue weighted by atomic mass is 10.2. The molecule has 2 atom stereocenters. The van der Waals surface area contributed by atoms with Gasteiger partial charge >= 0.3 is 0 Å². The summed E-state index contributed by atoms with van der Waals surface area (Å²) >= 11 is 0. The summed E-state index contributed by atoms with van der Waals surface area (Å²) < 4.78 is 12.6. The second-order valence-corrected chi connectivity index (χ2v) is 2.54. The molecule has 0 aliphatic rings. The normalized spacial score (nSPS) is 15.5. The van der Waals surface area contributed by atoms with Crippen molar-refractivity contribution in [2.24, 2.45) is 22.2 Å². The Morgan fingerprint density at radius 2 is 2.00 bits per heavy atom. The minimum atomic E-state index is -1.31. The molecular formula is C6H15FN4. The van der Waals surface area contributed by atoms with Gasteiger partial charge in [-0.2, -0.15) is 0 Å². The zero-order chi connectivity index (χ0) is 8.85. The number of alkyl halides is 1. The van der Waals surface area contributed by atoms with E-state index in [1.807, 2.05) is 6.92 Å². The van der Waals surface area contributed by atoms with Crippen molar-refractivity contribution in [2.75, 3.05) is 0 Å². The first-order valence-corrected chi connectivity index (χ1v) is 3.50. The van der Waals surface area contributed by atoms with E-state index in [1.165, 1.54) is 0 Å². The quantitative estimate of drug-likeness (QED) is 0.300. The molecule has 0 aliphatic heterocycles. The second kappa shape index (κ2) is 4.90. The molecule has 66 valence electrons. The van der Waals surface area contributed by atoms with Crippen molar-refractivity contribution in [1.29, 1.82) is 0 Å². The van der Waals surface area contributed by atoms with Gasteiger partial charge in [-0.25, -0.2) is 9.38 Å². The van der Waals surface area contributed by atoms with E-state index in [0.29, 0.717) is 6.42 Å². The van der Waals surface area contributed by atoms with Gasteiger partial charge < -0.3 is 17.2 Å². The summed E-state index contributed by atoms with van der Waals surface area (Å²) in [5, 5.41) is 0. The molecule has 0 bridgehead atoms. The first-order valence-electron chi connectivity index (χ1n) is 3.50. The van der Waals surface area contributed by atoms with E-state index in [2.05, 4.69) is 4.99 Å². The van der Waals surface area contributed by atoms with E-state index in [9.17, 15) is 4.39 Å². The summed E-state index contributed by atoms with van der Waals surface area (Å²) in [5.41, 5.74) is 15.3. The van der Waals surface area contributed by atoms with Gasteiger partial charge in [-0.1, -0.05) is 0 Å². The third-order valence-corrected chi connectivity index (χ3v) is 1.15. The average molecular weight is 162 g/mol. The summed E-state index contributed by atoms with van der Waals surface area (Å²) in [6.45, 7) is 1.81. The summed E-state index contributed by atoms with van der Waals surface area (Å²) in [5.74, 6) is -0.220. The van der Waals surface area contributed by atoms with Crippen LogP contribution in [0.1, 0.15) is 19.8 Å². The SMILES string of the molecule is CC(N)CCC(F)N=C(N)N. The van der Waals surface area contributed by atoms with Gasteiger partial charge in [0.25, 0.3) is 0 Å². The van der Waals surface area contributed by atoms with Crippen molar-refractivity contribution in [3.05, 3.63) is 0 Å². The summed E-state index contributed by atoms with van der Waals surface area (Å²) in [6, 6.07) is -0.0116. The van der Waals surface area contributed by atoms with E-state index in [4.69, 9.17) is 17.2 Å². The van der Waals surface area contributed by atoms with Gasteiger partial charge in [-0.15, -0.1) is 0 Å². The van der Waals surface area contributed by atoms with Gasteiger partial charge in [0.2, 0.25) is 0 Å². The van der Waals surface area contributed by atoms with Gasteiger partial charge in [0, 0.05) is 12.5 Å². The van der Waals surface area contributed by atoms with Crippen LogP contribution in [0.4, 0.5) is 4.39 Å². The van der Waals surface area contributed by atoms with E-state index < -0.39 is 6.30 Å². The van der Waals surface area contributed by atoms with Crippen LogP contribution < -0.4 is 17.2 Å². The lowest BCUT2D eigenvalue weighted by Gasteiger charge is -2.05. The molecule has 0 rings (SSSR count). The topological polar surface area (TPSA) is 90.4 Å². The number of nitrogens with zero attached hydrogens (tertiary/aromatic N) is 1. The molecule has 5 heteroatoms. The molecule has 0 amide bonds. The molecule has 4 nitrogen and oxygen atoms in total. The number of aliphatic imine (C=N–C) groups is 1. The maximum Gasteiger partial charge on any atom is 0.193 e. The molecule has 0 aromatic rings. The maximum absolute atomic E-state index is 12.6. The smallest absolute Gasteiger partial charge is 0.193 e. The number of hydrogen-bond donors (Lipinski definition) is 3. The molecule has 0 aromatic heterocycles. The Hall–Kier alpha value is -0.840. The minimum Gasteiger partial charge on any atom is -0.370 e. The third kappa shape index (κ3) is 7.05. The van der Waals surface area contributed by atoms with Gasteiger partial charge in [0.05, 0.1) is 0 Å². The number of guanidine groups is 1. The van der Waals surface area contributed by atoms with Crippen molar-refractivity contribution in [1.82, 2.24) is 0 Å². The van der Waals surface area contributed by atoms with Crippen LogP contribution in [0.15, 0.2) is 4.99 Å². The van der Waals surface area contributed by atoms with E-state index in [1.54, 1.807) is 0 Å². The number of rotatable bonds is 4. The van der Waals surface area contributed by atoms with Crippen molar-refractivity contribution in [3.63, 3.8) is 0 Å². The van der Waals surface area contributed by atoms with Crippen LogP contribution in [0, 0.1) is 0 Å². The molecule has 2 unspecified atom stereocenters. The Balaban J connectivity index is 3.53. The molecule has 11 heavy (non-hydrogen) atoms. The third-order valence-electron chi connectivity index (χ3n) is 1.15. The summed E-state index contributed by atoms with van der Waals surface area (Å²) in [7, 11) is 0. The molecule has 0 fully saturated rings. The van der Waals surface area contributed by atoms with Crippen molar-refractivity contribution >= 4 is 5.96 Å². The first-order chi connectivity index (χ1) is 5.02. The fourth-order valence-electron chi connectivity index (χ4n) is 0.627. The Labute approximate surface area is 65.6 Å². The fraction of sp³-hybridized carbons (Fsp3) is 0.833. The number of hydrogen-bond acceptors (Lipinski definition) is 2. The Morgan fingerprint density at radius 1 is 1.45 bits per heavy atom. The minimum absolute atomic E-state index is 0.0116. The molecule has 0 heterocycles. The van der Waals surface area contributed by atoms with Crippen LogP contribution in [0.2, 0.25) is 0 Å². The van der Waals surface area contributed by atoms with Gasteiger partial charge in [0.1, 0.15) is 0 Å². The van der Waals surface area contributed by atoms with Crippen molar-refractivity contribution < 1.29 is 4.39 Å². The summed E-state index contributed by atoms with van der Waals surface area (Å²) in [6.07, 6.45) is -0.459. The van der Waals surface area contributed by atoms with Crippen molar-refractivity contribution in [2.45, 2.75) is 32.1 Å². The highest BCUT2D eigenvalue weighted by atomic mass is 19.1. The highest BCUT2D eigenvalue weighted by molar-refractivity contribution is 5.75. The number of nitrogens with two attached hydrogens (primary N) is 3. The molecule has 0 saturated heterocycles. The predicted octanol–water partition coefficient (Wildman–Crippen LogP) is -0.317. The lowest BCUT2D eigenvalue weighted by molar-refractivity contribution is 0.313.